The summed E-state index contributed by atoms with van der Waals surface area (Å²) in [4.78, 5) is 8.35. The minimum absolute atomic E-state index is 0.642. The predicted molar refractivity (Wildman–Crippen MR) is 52.1 cm³/mol. The summed E-state index contributed by atoms with van der Waals surface area (Å²) in [5.41, 5.74) is 4.34. The Kier molecular flexibility index (Phi) is 1.83. The smallest absolute Gasteiger partial charge is 0.161 e. The number of nitrogen functional groups attached to an aromatic ring is 1. The third kappa shape index (κ3) is 1.31. The van der Waals surface area contributed by atoms with Crippen molar-refractivity contribution in [1.29, 1.82) is 0 Å². The summed E-state index contributed by atoms with van der Waals surface area (Å²) in [5.74, 6) is 5.91. The largest absolute Gasteiger partial charge is 0.308 e. The molecule has 0 atom stereocenters. The average Bonchev–Trinajstić information content (AvgIpc) is 2.18. The van der Waals surface area contributed by atoms with E-state index >= 15 is 0 Å². The fraction of sp³-hybridized carbons (Fsp3) is 0.111. The minimum Gasteiger partial charge on any atom is -0.308 e. The van der Waals surface area contributed by atoms with E-state index in [-0.39, 0.29) is 0 Å². The summed E-state index contributed by atoms with van der Waals surface area (Å²) in [5, 5.41) is 1.06. The Morgan fingerprint density at radius 2 is 2.31 bits per heavy atom. The summed E-state index contributed by atoms with van der Waals surface area (Å²) in [7, 11) is 0. The highest BCUT2D eigenvalue weighted by atomic mass is 15.2. The standard InChI is InChI=1S/C9H10N4/c1-6-5-8(13-10)12-9-7(6)3-2-4-11-9/h2-5H,10H2,1H3,(H,11,12,13). The Bertz CT molecular complexity index is 439. The summed E-state index contributed by atoms with van der Waals surface area (Å²) in [6.07, 6.45) is 1.72. The molecule has 2 aromatic heterocycles. The van der Waals surface area contributed by atoms with E-state index in [4.69, 9.17) is 5.84 Å². The first-order chi connectivity index (χ1) is 6.31. The van der Waals surface area contributed by atoms with Crippen LogP contribution in [0.5, 0.6) is 0 Å². The molecule has 0 saturated heterocycles. The molecule has 3 N–H and O–H groups in total. The first kappa shape index (κ1) is 7.94. The van der Waals surface area contributed by atoms with Crippen molar-refractivity contribution < 1.29 is 0 Å². The van der Waals surface area contributed by atoms with Crippen molar-refractivity contribution in [2.75, 3.05) is 5.43 Å². The van der Waals surface area contributed by atoms with Crippen LogP contribution in [0, 0.1) is 6.92 Å². The van der Waals surface area contributed by atoms with Gasteiger partial charge < -0.3 is 5.43 Å². The van der Waals surface area contributed by atoms with Gasteiger partial charge in [-0.05, 0) is 30.7 Å². The topological polar surface area (TPSA) is 63.8 Å². The number of fused-ring (bicyclic) bond motifs is 1. The molecule has 0 fully saturated rings. The monoisotopic (exact) mass is 174 g/mol. The van der Waals surface area contributed by atoms with Crippen LogP contribution in [-0.2, 0) is 0 Å². The van der Waals surface area contributed by atoms with Crippen LogP contribution in [0.3, 0.4) is 0 Å². The number of rotatable bonds is 1. The maximum atomic E-state index is 5.27. The summed E-state index contributed by atoms with van der Waals surface area (Å²) in [6.45, 7) is 2.01. The molecule has 0 aliphatic rings. The normalized spacial score (nSPS) is 10.3. The van der Waals surface area contributed by atoms with Gasteiger partial charge in [0.15, 0.2) is 5.65 Å². The van der Waals surface area contributed by atoms with Crippen LogP contribution in [0.4, 0.5) is 5.82 Å². The van der Waals surface area contributed by atoms with Crippen LogP contribution in [0.1, 0.15) is 5.56 Å². The highest BCUT2D eigenvalue weighted by molar-refractivity contribution is 5.80. The molecule has 0 bridgehead atoms. The summed E-state index contributed by atoms with van der Waals surface area (Å²) < 4.78 is 0. The van der Waals surface area contributed by atoms with Crippen LogP contribution >= 0.6 is 0 Å². The Balaban J connectivity index is 2.77. The molecular weight excluding hydrogens is 164 g/mol. The van der Waals surface area contributed by atoms with E-state index in [1.54, 1.807) is 6.20 Å². The number of pyridine rings is 2. The van der Waals surface area contributed by atoms with Gasteiger partial charge >= 0.3 is 0 Å². The molecule has 0 radical (unpaired) electrons. The van der Waals surface area contributed by atoms with E-state index in [9.17, 15) is 0 Å². The van der Waals surface area contributed by atoms with Gasteiger partial charge in [0.2, 0.25) is 0 Å². The second kappa shape index (κ2) is 2.99. The third-order valence-electron chi connectivity index (χ3n) is 1.94. The Morgan fingerprint density at radius 3 is 3.08 bits per heavy atom. The zero-order valence-electron chi connectivity index (χ0n) is 7.28. The number of anilines is 1. The third-order valence-corrected chi connectivity index (χ3v) is 1.94. The molecule has 2 rings (SSSR count). The lowest BCUT2D eigenvalue weighted by atomic mass is 10.2. The van der Waals surface area contributed by atoms with Crippen molar-refractivity contribution >= 4 is 16.9 Å². The Hall–Kier alpha value is -1.68. The van der Waals surface area contributed by atoms with Crippen molar-refractivity contribution in [2.45, 2.75) is 6.92 Å². The number of hydrazine groups is 1. The molecule has 0 amide bonds. The number of nitrogens with one attached hydrogen (secondary N) is 1. The highest BCUT2D eigenvalue weighted by Gasteiger charge is 2.00. The minimum atomic E-state index is 0.642. The molecule has 0 aromatic carbocycles. The van der Waals surface area contributed by atoms with Gasteiger partial charge in [-0.1, -0.05) is 0 Å². The molecule has 0 aliphatic carbocycles. The zero-order chi connectivity index (χ0) is 9.26. The molecule has 2 heterocycles. The van der Waals surface area contributed by atoms with Gasteiger partial charge in [-0.25, -0.2) is 15.8 Å². The number of aryl methyl sites for hydroxylation is 1. The second-order valence-electron chi connectivity index (χ2n) is 2.84. The lowest BCUT2D eigenvalue weighted by Gasteiger charge is -2.03. The number of nitrogens with zero attached hydrogens (tertiary/aromatic N) is 2. The van der Waals surface area contributed by atoms with E-state index in [0.29, 0.717) is 5.82 Å². The molecule has 0 aliphatic heterocycles. The van der Waals surface area contributed by atoms with Crippen molar-refractivity contribution in [3.05, 3.63) is 30.0 Å². The van der Waals surface area contributed by atoms with Gasteiger partial charge in [0.25, 0.3) is 0 Å². The fourth-order valence-corrected chi connectivity index (χ4v) is 1.30. The van der Waals surface area contributed by atoms with Gasteiger partial charge in [-0.15, -0.1) is 0 Å². The van der Waals surface area contributed by atoms with Crippen molar-refractivity contribution in [3.8, 4) is 0 Å². The molecule has 13 heavy (non-hydrogen) atoms. The van der Waals surface area contributed by atoms with Crippen LogP contribution in [0.25, 0.3) is 11.0 Å². The summed E-state index contributed by atoms with van der Waals surface area (Å²) in [6, 6.07) is 5.78. The van der Waals surface area contributed by atoms with Crippen LogP contribution < -0.4 is 11.3 Å². The van der Waals surface area contributed by atoms with Crippen LogP contribution in [0.15, 0.2) is 24.4 Å². The van der Waals surface area contributed by atoms with Crippen molar-refractivity contribution in [1.82, 2.24) is 9.97 Å². The quantitative estimate of drug-likeness (QED) is 0.504. The fourth-order valence-electron chi connectivity index (χ4n) is 1.30. The number of hydrogen-bond donors (Lipinski definition) is 2. The summed E-state index contributed by atoms with van der Waals surface area (Å²) >= 11 is 0. The molecule has 4 heteroatoms. The Labute approximate surface area is 75.8 Å². The molecule has 0 saturated carbocycles. The molecule has 2 aromatic rings. The highest BCUT2D eigenvalue weighted by Crippen LogP contribution is 2.16. The first-order valence-corrected chi connectivity index (χ1v) is 4.00. The van der Waals surface area contributed by atoms with Gasteiger partial charge in [0.05, 0.1) is 0 Å². The predicted octanol–water partition coefficient (Wildman–Crippen LogP) is 1.22. The van der Waals surface area contributed by atoms with Crippen molar-refractivity contribution in [3.63, 3.8) is 0 Å². The number of aromatic nitrogens is 2. The number of nitrogens with two attached hydrogens (primary N) is 1. The molecule has 0 unspecified atom stereocenters. The molecular formula is C9H10N4. The number of hydrogen-bond acceptors (Lipinski definition) is 4. The van der Waals surface area contributed by atoms with E-state index in [2.05, 4.69) is 15.4 Å². The van der Waals surface area contributed by atoms with Gasteiger partial charge in [-0.2, -0.15) is 0 Å². The molecule has 4 nitrogen and oxygen atoms in total. The lowest BCUT2D eigenvalue weighted by Crippen LogP contribution is -2.08. The zero-order valence-corrected chi connectivity index (χ0v) is 7.28. The van der Waals surface area contributed by atoms with E-state index in [1.807, 2.05) is 25.1 Å². The van der Waals surface area contributed by atoms with Gasteiger partial charge in [-0.3, -0.25) is 0 Å². The van der Waals surface area contributed by atoms with Crippen LogP contribution in [0.2, 0.25) is 0 Å². The van der Waals surface area contributed by atoms with E-state index in [1.165, 1.54) is 0 Å². The molecule has 0 spiro atoms. The van der Waals surface area contributed by atoms with Gasteiger partial charge in [0.1, 0.15) is 5.82 Å². The van der Waals surface area contributed by atoms with Crippen LogP contribution in [-0.4, -0.2) is 9.97 Å². The Morgan fingerprint density at radius 1 is 1.46 bits per heavy atom. The lowest BCUT2D eigenvalue weighted by molar-refractivity contribution is 1.21. The molecule has 66 valence electrons. The average molecular weight is 174 g/mol. The van der Waals surface area contributed by atoms with E-state index < -0.39 is 0 Å². The maximum Gasteiger partial charge on any atom is 0.161 e. The van der Waals surface area contributed by atoms with Gasteiger partial charge in [0, 0.05) is 11.6 Å². The van der Waals surface area contributed by atoms with Crippen molar-refractivity contribution in [2.24, 2.45) is 5.84 Å². The SMILES string of the molecule is Cc1cc(NN)nc2ncccc12. The maximum absolute atomic E-state index is 5.27. The second-order valence-corrected chi connectivity index (χ2v) is 2.84. The van der Waals surface area contributed by atoms with E-state index in [0.717, 1.165) is 16.6 Å². The first-order valence-electron chi connectivity index (χ1n) is 4.00.